The van der Waals surface area contributed by atoms with Crippen molar-refractivity contribution in [2.75, 3.05) is 13.2 Å². The lowest BCUT2D eigenvalue weighted by atomic mass is 10.2. The van der Waals surface area contributed by atoms with E-state index in [1.165, 1.54) is 12.1 Å². The zero-order chi connectivity index (χ0) is 18.6. The summed E-state index contributed by atoms with van der Waals surface area (Å²) in [6, 6.07) is 8.12. The van der Waals surface area contributed by atoms with Crippen LogP contribution in [0.3, 0.4) is 0 Å². The molecule has 0 aliphatic rings. The fraction of sp³-hybridized carbons (Fsp3) is 0.133. The molecule has 2 aromatic carbocycles. The maximum atomic E-state index is 12.8. The van der Waals surface area contributed by atoms with Gasteiger partial charge in [-0.2, -0.15) is 0 Å². The van der Waals surface area contributed by atoms with E-state index in [0.29, 0.717) is 5.56 Å². The first-order chi connectivity index (χ1) is 11.7. The largest absolute Gasteiger partial charge is 0.461 e. The first-order valence-electron chi connectivity index (χ1n) is 6.77. The lowest BCUT2D eigenvalue weighted by Gasteiger charge is -2.10. The Balaban J connectivity index is 1.93. The number of hydrogen-bond donors (Lipinski definition) is 1. The molecule has 0 heterocycles. The Morgan fingerprint density at radius 2 is 1.76 bits per heavy atom. The Morgan fingerprint density at radius 1 is 1.12 bits per heavy atom. The van der Waals surface area contributed by atoms with Crippen LogP contribution >= 0.6 is 67.8 Å². The summed E-state index contributed by atoms with van der Waals surface area (Å²) in [7, 11) is -3.77. The van der Waals surface area contributed by atoms with E-state index < -0.39 is 21.8 Å². The third-order valence-electron chi connectivity index (χ3n) is 2.96. The van der Waals surface area contributed by atoms with Crippen LogP contribution in [0.1, 0.15) is 10.4 Å². The Kier molecular flexibility index (Phi) is 7.84. The van der Waals surface area contributed by atoms with Crippen LogP contribution < -0.4 is 4.72 Å². The van der Waals surface area contributed by atoms with E-state index in [1.54, 1.807) is 6.07 Å². The number of nitrogens with one attached hydrogen (secondary N) is 1. The summed E-state index contributed by atoms with van der Waals surface area (Å²) in [5.41, 5.74) is 0.443. The van der Waals surface area contributed by atoms with E-state index in [-0.39, 0.29) is 18.0 Å². The number of esters is 1. The number of ether oxygens (including phenoxy) is 1. The molecule has 0 bridgehead atoms. The fourth-order valence-corrected chi connectivity index (χ4v) is 5.19. The van der Waals surface area contributed by atoms with Crippen LogP contribution in [0.4, 0.5) is 4.39 Å². The standard InChI is InChI=1S/C15H11FI3NO4S/c16-9-1-3-11(4-2-9)25(22,23)20-5-6-24-15(21)12-7-10(17)8-13(18)14(12)19/h1-4,7-8,20H,5-6H2. The molecule has 0 aromatic heterocycles. The zero-order valence-corrected chi connectivity index (χ0v) is 19.7. The number of hydrogen-bond acceptors (Lipinski definition) is 4. The molecule has 10 heteroatoms. The fourth-order valence-electron chi connectivity index (χ4n) is 1.80. The van der Waals surface area contributed by atoms with Crippen molar-refractivity contribution in [3.05, 3.63) is 58.5 Å². The number of rotatable bonds is 6. The molecule has 0 amide bonds. The minimum absolute atomic E-state index is 0.0538. The van der Waals surface area contributed by atoms with Gasteiger partial charge in [-0.05, 0) is 104 Å². The Labute approximate surface area is 185 Å². The van der Waals surface area contributed by atoms with Crippen LogP contribution in [0.5, 0.6) is 0 Å². The molecule has 0 spiro atoms. The highest BCUT2D eigenvalue weighted by molar-refractivity contribution is 14.1. The molecule has 0 saturated carbocycles. The number of carbonyl (C=O) groups excluding carboxylic acids is 1. The Bertz CT molecular complexity index is 888. The lowest BCUT2D eigenvalue weighted by Crippen LogP contribution is -2.28. The van der Waals surface area contributed by atoms with Gasteiger partial charge in [0.05, 0.1) is 10.5 Å². The van der Waals surface area contributed by atoms with Crippen molar-refractivity contribution in [1.29, 1.82) is 0 Å². The maximum Gasteiger partial charge on any atom is 0.339 e. The number of halogens is 4. The van der Waals surface area contributed by atoms with Gasteiger partial charge in [-0.1, -0.05) is 0 Å². The van der Waals surface area contributed by atoms with Gasteiger partial charge >= 0.3 is 5.97 Å². The molecule has 0 atom stereocenters. The molecular formula is C15H11FI3NO4S. The molecule has 0 saturated heterocycles. The average Bonchev–Trinajstić information content (AvgIpc) is 2.55. The van der Waals surface area contributed by atoms with Gasteiger partial charge in [-0.25, -0.2) is 22.3 Å². The Morgan fingerprint density at radius 3 is 2.40 bits per heavy atom. The highest BCUT2D eigenvalue weighted by Gasteiger charge is 2.16. The predicted octanol–water partition coefficient (Wildman–Crippen LogP) is 3.77. The Hall–Kier alpha value is -0.0600. The lowest BCUT2D eigenvalue weighted by molar-refractivity contribution is 0.0511. The van der Waals surface area contributed by atoms with Crippen molar-refractivity contribution in [2.45, 2.75) is 4.90 Å². The molecule has 2 rings (SSSR count). The van der Waals surface area contributed by atoms with E-state index in [9.17, 15) is 17.6 Å². The minimum atomic E-state index is -3.77. The monoisotopic (exact) mass is 701 g/mol. The summed E-state index contributed by atoms with van der Waals surface area (Å²) >= 11 is 6.31. The SMILES string of the molecule is O=C(OCCNS(=O)(=O)c1ccc(F)cc1)c1cc(I)cc(I)c1I. The molecule has 0 aliphatic heterocycles. The second-order valence-electron chi connectivity index (χ2n) is 4.74. The first kappa shape index (κ1) is 21.2. The third kappa shape index (κ3) is 5.97. The number of sulfonamides is 1. The molecule has 0 radical (unpaired) electrons. The van der Waals surface area contributed by atoms with E-state index in [2.05, 4.69) is 72.5 Å². The van der Waals surface area contributed by atoms with Crippen molar-refractivity contribution >= 4 is 83.8 Å². The number of carbonyl (C=O) groups is 1. The van der Waals surface area contributed by atoms with E-state index in [1.807, 2.05) is 6.07 Å². The van der Waals surface area contributed by atoms with Crippen molar-refractivity contribution in [3.63, 3.8) is 0 Å². The van der Waals surface area contributed by atoms with Gasteiger partial charge in [0.25, 0.3) is 0 Å². The molecule has 0 aliphatic carbocycles. The van der Waals surface area contributed by atoms with Crippen molar-refractivity contribution < 1.29 is 22.3 Å². The predicted molar refractivity (Wildman–Crippen MR) is 116 cm³/mol. The summed E-state index contributed by atoms with van der Waals surface area (Å²) in [5.74, 6) is -1.03. The van der Waals surface area contributed by atoms with Crippen LogP contribution in [0.15, 0.2) is 41.3 Å². The van der Waals surface area contributed by atoms with Gasteiger partial charge in [0, 0.05) is 17.3 Å². The summed E-state index contributed by atoms with van der Waals surface area (Å²) in [4.78, 5) is 12.1. The second kappa shape index (κ2) is 9.23. The molecule has 25 heavy (non-hydrogen) atoms. The molecule has 2 aromatic rings. The molecule has 5 nitrogen and oxygen atoms in total. The third-order valence-corrected chi connectivity index (χ3v) is 8.11. The normalized spacial score (nSPS) is 11.4. The summed E-state index contributed by atoms with van der Waals surface area (Å²) < 4.78 is 47.0. The number of benzene rings is 2. The van der Waals surface area contributed by atoms with Gasteiger partial charge in [0.15, 0.2) is 0 Å². The highest BCUT2D eigenvalue weighted by Crippen LogP contribution is 2.23. The quantitative estimate of drug-likeness (QED) is 0.216. The van der Waals surface area contributed by atoms with Crippen LogP contribution in [-0.2, 0) is 14.8 Å². The second-order valence-corrected chi connectivity index (χ2v) is 9.99. The molecule has 134 valence electrons. The molecule has 1 N–H and O–H groups in total. The summed E-state index contributed by atoms with van der Waals surface area (Å²) in [6.45, 7) is -0.194. The van der Waals surface area contributed by atoms with E-state index >= 15 is 0 Å². The highest BCUT2D eigenvalue weighted by atomic mass is 127. The van der Waals surface area contributed by atoms with Crippen molar-refractivity contribution in [2.24, 2.45) is 0 Å². The van der Waals surface area contributed by atoms with Crippen LogP contribution in [0.2, 0.25) is 0 Å². The van der Waals surface area contributed by atoms with Gasteiger partial charge in [-0.15, -0.1) is 0 Å². The summed E-state index contributed by atoms with van der Waals surface area (Å²) in [6.07, 6.45) is 0. The van der Waals surface area contributed by atoms with Crippen molar-refractivity contribution in [3.8, 4) is 0 Å². The van der Waals surface area contributed by atoms with E-state index in [4.69, 9.17) is 4.74 Å². The topological polar surface area (TPSA) is 72.5 Å². The van der Waals surface area contributed by atoms with E-state index in [0.717, 1.165) is 22.8 Å². The van der Waals surface area contributed by atoms with Gasteiger partial charge in [0.1, 0.15) is 12.4 Å². The molecular weight excluding hydrogens is 690 g/mol. The average molecular weight is 701 g/mol. The first-order valence-corrected chi connectivity index (χ1v) is 11.5. The van der Waals surface area contributed by atoms with Gasteiger partial charge in [-0.3, -0.25) is 0 Å². The minimum Gasteiger partial charge on any atom is -0.461 e. The maximum absolute atomic E-state index is 12.8. The van der Waals surface area contributed by atoms with Gasteiger partial charge < -0.3 is 4.74 Å². The zero-order valence-electron chi connectivity index (χ0n) is 12.4. The van der Waals surface area contributed by atoms with Crippen LogP contribution in [0, 0.1) is 16.5 Å². The van der Waals surface area contributed by atoms with Gasteiger partial charge in [0.2, 0.25) is 10.0 Å². The smallest absolute Gasteiger partial charge is 0.339 e. The van der Waals surface area contributed by atoms with Crippen LogP contribution in [-0.4, -0.2) is 27.5 Å². The molecule has 0 unspecified atom stereocenters. The summed E-state index contributed by atoms with van der Waals surface area (Å²) in [5, 5.41) is 0. The van der Waals surface area contributed by atoms with Crippen LogP contribution in [0.25, 0.3) is 0 Å². The molecule has 0 fully saturated rings. The van der Waals surface area contributed by atoms with Crippen molar-refractivity contribution in [1.82, 2.24) is 4.72 Å².